The van der Waals surface area contributed by atoms with Crippen molar-refractivity contribution in [1.29, 1.82) is 0 Å². The fourth-order valence-corrected chi connectivity index (χ4v) is 2.16. The van der Waals surface area contributed by atoms with Crippen molar-refractivity contribution in [1.82, 2.24) is 0 Å². The van der Waals surface area contributed by atoms with Gasteiger partial charge in [0.05, 0.1) is 10.6 Å². The Morgan fingerprint density at radius 1 is 1.46 bits per heavy atom. The molecule has 3 heteroatoms. The molecule has 0 heterocycles. The zero-order valence-electron chi connectivity index (χ0n) is 7.06. The van der Waals surface area contributed by atoms with Crippen molar-refractivity contribution in [2.24, 2.45) is 0 Å². The Bertz CT molecular complexity index is 338. The Labute approximate surface area is 84.7 Å². The number of rotatable bonds is 0. The van der Waals surface area contributed by atoms with Crippen LogP contribution >= 0.6 is 15.9 Å². The highest BCUT2D eigenvalue weighted by Crippen LogP contribution is 2.32. The number of benzene rings is 1. The van der Waals surface area contributed by atoms with Crippen molar-refractivity contribution in [2.75, 3.05) is 0 Å². The molecule has 0 amide bonds. The minimum Gasteiger partial charge on any atom is -0.388 e. The van der Waals surface area contributed by atoms with Crippen LogP contribution in [0.4, 0.5) is 4.39 Å². The van der Waals surface area contributed by atoms with Gasteiger partial charge in [-0.05, 0) is 58.5 Å². The predicted molar refractivity (Wildman–Crippen MR) is 52.0 cm³/mol. The molecule has 0 saturated carbocycles. The average molecular weight is 245 g/mol. The Balaban J connectivity index is 2.52. The summed E-state index contributed by atoms with van der Waals surface area (Å²) >= 11 is 3.14. The van der Waals surface area contributed by atoms with E-state index in [4.69, 9.17) is 0 Å². The highest BCUT2D eigenvalue weighted by molar-refractivity contribution is 9.10. The number of aliphatic hydroxyl groups is 1. The third-order valence-corrected chi connectivity index (χ3v) is 3.07. The van der Waals surface area contributed by atoms with Crippen LogP contribution < -0.4 is 0 Å². The summed E-state index contributed by atoms with van der Waals surface area (Å²) < 4.78 is 13.6. The molecule has 0 aromatic heterocycles. The first kappa shape index (κ1) is 9.16. The second kappa shape index (κ2) is 3.39. The van der Waals surface area contributed by atoms with Crippen LogP contribution in [0.25, 0.3) is 0 Å². The summed E-state index contributed by atoms with van der Waals surface area (Å²) in [6.07, 6.45) is 2.18. The Hall–Kier alpha value is -0.410. The van der Waals surface area contributed by atoms with Crippen molar-refractivity contribution < 1.29 is 9.50 Å². The standard InChI is InChI=1S/C10H10BrFO/c11-8-4-6-2-1-3-10(13)7(6)5-9(8)12/h4-5,10,13H,1-3H2. The molecule has 0 bridgehead atoms. The number of aliphatic hydroxyl groups excluding tert-OH is 1. The van der Waals surface area contributed by atoms with Crippen LogP contribution in [-0.4, -0.2) is 5.11 Å². The zero-order chi connectivity index (χ0) is 9.42. The molecule has 1 aliphatic carbocycles. The molecule has 0 spiro atoms. The van der Waals surface area contributed by atoms with E-state index in [1.54, 1.807) is 6.07 Å². The molecule has 13 heavy (non-hydrogen) atoms. The van der Waals surface area contributed by atoms with Crippen LogP contribution in [0.5, 0.6) is 0 Å². The summed E-state index contributed by atoms with van der Waals surface area (Å²) in [5, 5.41) is 9.59. The maximum Gasteiger partial charge on any atom is 0.137 e. The molecule has 0 aliphatic heterocycles. The van der Waals surface area contributed by atoms with Crippen molar-refractivity contribution in [2.45, 2.75) is 25.4 Å². The van der Waals surface area contributed by atoms with E-state index < -0.39 is 6.10 Å². The van der Waals surface area contributed by atoms with Crippen LogP contribution in [0.1, 0.15) is 30.1 Å². The van der Waals surface area contributed by atoms with Gasteiger partial charge >= 0.3 is 0 Å². The molecule has 1 atom stereocenters. The molecule has 0 saturated heterocycles. The van der Waals surface area contributed by atoms with Crippen molar-refractivity contribution >= 4 is 15.9 Å². The summed E-state index contributed by atoms with van der Waals surface area (Å²) in [5.74, 6) is -0.292. The Kier molecular flexibility index (Phi) is 2.39. The van der Waals surface area contributed by atoms with Gasteiger partial charge in [0.25, 0.3) is 0 Å². The second-order valence-electron chi connectivity index (χ2n) is 3.37. The van der Waals surface area contributed by atoms with Gasteiger partial charge in [0.2, 0.25) is 0 Å². The highest BCUT2D eigenvalue weighted by Gasteiger charge is 2.19. The van der Waals surface area contributed by atoms with E-state index in [0.717, 1.165) is 30.4 Å². The fourth-order valence-electron chi connectivity index (χ4n) is 1.77. The van der Waals surface area contributed by atoms with E-state index in [2.05, 4.69) is 15.9 Å². The number of aryl methyl sites for hydroxylation is 1. The molecule has 0 fully saturated rings. The summed E-state index contributed by atoms with van der Waals surface area (Å²) in [6, 6.07) is 3.20. The van der Waals surface area contributed by atoms with E-state index in [1.165, 1.54) is 6.07 Å². The summed E-state index contributed by atoms with van der Waals surface area (Å²) in [5.41, 5.74) is 1.82. The maximum absolute atomic E-state index is 13.1. The van der Waals surface area contributed by atoms with Gasteiger partial charge in [-0.3, -0.25) is 0 Å². The van der Waals surface area contributed by atoms with E-state index in [0.29, 0.717) is 4.47 Å². The molecule has 2 rings (SSSR count). The smallest absolute Gasteiger partial charge is 0.137 e. The molecule has 1 aliphatic rings. The van der Waals surface area contributed by atoms with E-state index in [-0.39, 0.29) is 5.82 Å². The van der Waals surface area contributed by atoms with Gasteiger partial charge in [0.15, 0.2) is 0 Å². The largest absolute Gasteiger partial charge is 0.388 e. The number of halogens is 2. The molecule has 1 unspecified atom stereocenters. The topological polar surface area (TPSA) is 20.2 Å². The van der Waals surface area contributed by atoms with Gasteiger partial charge < -0.3 is 5.11 Å². The third-order valence-electron chi connectivity index (χ3n) is 2.46. The van der Waals surface area contributed by atoms with Crippen LogP contribution in [-0.2, 0) is 6.42 Å². The summed E-state index contributed by atoms with van der Waals surface area (Å²) in [4.78, 5) is 0. The van der Waals surface area contributed by atoms with Crippen LogP contribution in [0.2, 0.25) is 0 Å². The monoisotopic (exact) mass is 244 g/mol. The van der Waals surface area contributed by atoms with Gasteiger partial charge in [-0.25, -0.2) is 4.39 Å². The molecular formula is C10H10BrFO. The number of hydrogen-bond acceptors (Lipinski definition) is 1. The normalized spacial score (nSPS) is 21.3. The van der Waals surface area contributed by atoms with Gasteiger partial charge in [-0.2, -0.15) is 0 Å². The number of hydrogen-bond donors (Lipinski definition) is 1. The SMILES string of the molecule is OC1CCCc2cc(Br)c(F)cc21. The zero-order valence-corrected chi connectivity index (χ0v) is 8.64. The molecular weight excluding hydrogens is 235 g/mol. The first-order chi connectivity index (χ1) is 6.18. The Morgan fingerprint density at radius 2 is 2.23 bits per heavy atom. The minimum atomic E-state index is -0.480. The highest BCUT2D eigenvalue weighted by atomic mass is 79.9. The summed E-state index contributed by atoms with van der Waals surface area (Å²) in [7, 11) is 0. The van der Waals surface area contributed by atoms with Gasteiger partial charge in [0.1, 0.15) is 5.82 Å². The third kappa shape index (κ3) is 1.63. The molecule has 0 radical (unpaired) electrons. The van der Waals surface area contributed by atoms with E-state index in [9.17, 15) is 9.50 Å². The first-order valence-electron chi connectivity index (χ1n) is 4.34. The van der Waals surface area contributed by atoms with Crippen molar-refractivity contribution in [3.8, 4) is 0 Å². The minimum absolute atomic E-state index is 0.292. The second-order valence-corrected chi connectivity index (χ2v) is 4.23. The molecule has 1 N–H and O–H groups in total. The Morgan fingerprint density at radius 3 is 3.00 bits per heavy atom. The van der Waals surface area contributed by atoms with Crippen molar-refractivity contribution in [3.63, 3.8) is 0 Å². The van der Waals surface area contributed by atoms with Crippen LogP contribution in [0.3, 0.4) is 0 Å². The lowest BCUT2D eigenvalue weighted by Crippen LogP contribution is -2.09. The van der Waals surface area contributed by atoms with Crippen LogP contribution in [0, 0.1) is 5.82 Å². The van der Waals surface area contributed by atoms with E-state index >= 15 is 0 Å². The van der Waals surface area contributed by atoms with Gasteiger partial charge in [-0.15, -0.1) is 0 Å². The first-order valence-corrected chi connectivity index (χ1v) is 5.13. The molecule has 1 aromatic rings. The van der Waals surface area contributed by atoms with Crippen LogP contribution in [0.15, 0.2) is 16.6 Å². The fraction of sp³-hybridized carbons (Fsp3) is 0.400. The van der Waals surface area contributed by atoms with E-state index in [1.807, 2.05) is 0 Å². The average Bonchev–Trinajstić information content (AvgIpc) is 2.09. The van der Waals surface area contributed by atoms with Gasteiger partial charge in [0, 0.05) is 0 Å². The van der Waals surface area contributed by atoms with Crippen molar-refractivity contribution in [3.05, 3.63) is 33.5 Å². The quantitative estimate of drug-likeness (QED) is 0.745. The molecule has 70 valence electrons. The number of fused-ring (bicyclic) bond motifs is 1. The lowest BCUT2D eigenvalue weighted by Gasteiger charge is -2.21. The lowest BCUT2D eigenvalue weighted by atomic mass is 9.89. The lowest BCUT2D eigenvalue weighted by molar-refractivity contribution is 0.156. The predicted octanol–water partition coefficient (Wildman–Crippen LogP) is 2.96. The molecule has 1 aromatic carbocycles. The molecule has 1 nitrogen and oxygen atoms in total. The maximum atomic E-state index is 13.1. The summed E-state index contributed by atoms with van der Waals surface area (Å²) in [6.45, 7) is 0. The van der Waals surface area contributed by atoms with Gasteiger partial charge in [-0.1, -0.05) is 0 Å².